The lowest BCUT2D eigenvalue weighted by atomic mass is 10.2. The SMILES string of the molecule is COC(=O)c1ncn(C=Cc2ccccc2)c1C(=O)O. The minimum Gasteiger partial charge on any atom is -0.476 e. The van der Waals surface area contributed by atoms with Gasteiger partial charge in [0.2, 0.25) is 0 Å². The number of carboxylic acid groups (broad SMARTS) is 1. The molecule has 0 aliphatic rings. The first-order valence-electron chi connectivity index (χ1n) is 5.75. The van der Waals surface area contributed by atoms with Crippen LogP contribution in [-0.4, -0.2) is 33.7 Å². The fourth-order valence-corrected chi connectivity index (χ4v) is 1.66. The highest BCUT2D eigenvalue weighted by molar-refractivity contribution is 6.00. The van der Waals surface area contributed by atoms with Crippen molar-refractivity contribution in [2.75, 3.05) is 7.11 Å². The van der Waals surface area contributed by atoms with E-state index in [0.29, 0.717) is 0 Å². The number of ether oxygens (including phenoxy) is 1. The van der Waals surface area contributed by atoms with E-state index in [1.807, 2.05) is 30.3 Å². The highest BCUT2D eigenvalue weighted by atomic mass is 16.5. The van der Waals surface area contributed by atoms with E-state index < -0.39 is 11.9 Å². The van der Waals surface area contributed by atoms with Crippen molar-refractivity contribution < 1.29 is 19.4 Å². The number of carbonyl (C=O) groups is 2. The van der Waals surface area contributed by atoms with Crippen LogP contribution in [0.3, 0.4) is 0 Å². The zero-order valence-corrected chi connectivity index (χ0v) is 10.7. The Morgan fingerprint density at radius 1 is 1.30 bits per heavy atom. The molecule has 1 N–H and O–H groups in total. The lowest BCUT2D eigenvalue weighted by molar-refractivity contribution is 0.0575. The van der Waals surface area contributed by atoms with Crippen LogP contribution in [0.2, 0.25) is 0 Å². The summed E-state index contributed by atoms with van der Waals surface area (Å²) in [5.41, 5.74) is 0.443. The number of imidazole rings is 1. The molecule has 6 nitrogen and oxygen atoms in total. The van der Waals surface area contributed by atoms with Crippen LogP contribution in [-0.2, 0) is 4.74 Å². The van der Waals surface area contributed by atoms with E-state index >= 15 is 0 Å². The Morgan fingerprint density at radius 3 is 2.60 bits per heavy atom. The van der Waals surface area contributed by atoms with Gasteiger partial charge in [-0.3, -0.25) is 4.57 Å². The summed E-state index contributed by atoms with van der Waals surface area (Å²) in [5, 5.41) is 9.17. The highest BCUT2D eigenvalue weighted by Gasteiger charge is 2.23. The summed E-state index contributed by atoms with van der Waals surface area (Å²) in [4.78, 5) is 26.5. The Kier molecular flexibility index (Phi) is 3.95. The van der Waals surface area contributed by atoms with E-state index in [1.54, 1.807) is 6.08 Å². The first kappa shape index (κ1) is 13.5. The average Bonchev–Trinajstić information content (AvgIpc) is 2.89. The lowest BCUT2D eigenvalue weighted by Gasteiger charge is -2.00. The molecule has 0 saturated heterocycles. The van der Waals surface area contributed by atoms with E-state index in [-0.39, 0.29) is 11.4 Å². The Labute approximate surface area is 114 Å². The van der Waals surface area contributed by atoms with Crippen LogP contribution < -0.4 is 0 Å². The molecule has 20 heavy (non-hydrogen) atoms. The molecule has 0 unspecified atom stereocenters. The summed E-state index contributed by atoms with van der Waals surface area (Å²) in [6.07, 6.45) is 4.50. The predicted octanol–water partition coefficient (Wildman–Crippen LogP) is 2.00. The fourth-order valence-electron chi connectivity index (χ4n) is 1.66. The normalized spacial score (nSPS) is 10.7. The van der Waals surface area contributed by atoms with Gasteiger partial charge in [-0.1, -0.05) is 30.3 Å². The maximum atomic E-state index is 11.4. The highest BCUT2D eigenvalue weighted by Crippen LogP contribution is 2.11. The van der Waals surface area contributed by atoms with Gasteiger partial charge in [-0.2, -0.15) is 0 Å². The Hall–Kier alpha value is -2.89. The van der Waals surface area contributed by atoms with Crippen LogP contribution in [0.25, 0.3) is 12.3 Å². The lowest BCUT2D eigenvalue weighted by Crippen LogP contribution is -2.12. The molecular formula is C14H12N2O4. The van der Waals surface area contributed by atoms with Gasteiger partial charge in [0, 0.05) is 6.20 Å². The fraction of sp³-hybridized carbons (Fsp3) is 0.0714. The predicted molar refractivity (Wildman–Crippen MR) is 72.2 cm³/mol. The van der Waals surface area contributed by atoms with Gasteiger partial charge in [0.05, 0.1) is 7.11 Å². The molecule has 1 aromatic carbocycles. The molecule has 6 heteroatoms. The molecule has 0 spiro atoms. The van der Waals surface area contributed by atoms with Crippen LogP contribution in [0.15, 0.2) is 36.7 Å². The molecule has 0 atom stereocenters. The molecule has 0 radical (unpaired) electrons. The number of nitrogens with zero attached hydrogens (tertiary/aromatic N) is 2. The number of hydrogen-bond donors (Lipinski definition) is 1. The summed E-state index contributed by atoms with van der Waals surface area (Å²) in [5.74, 6) is -2.03. The first-order chi connectivity index (χ1) is 9.63. The van der Waals surface area contributed by atoms with Gasteiger partial charge in [-0.15, -0.1) is 0 Å². The van der Waals surface area contributed by atoms with Crippen molar-refractivity contribution >= 4 is 24.2 Å². The molecule has 2 rings (SSSR count). The molecule has 1 heterocycles. The number of hydrogen-bond acceptors (Lipinski definition) is 4. The van der Waals surface area contributed by atoms with Crippen molar-refractivity contribution in [2.45, 2.75) is 0 Å². The molecule has 0 saturated carbocycles. The van der Waals surface area contributed by atoms with E-state index in [2.05, 4.69) is 9.72 Å². The van der Waals surface area contributed by atoms with Crippen LogP contribution in [0.1, 0.15) is 26.5 Å². The minimum absolute atomic E-state index is 0.224. The van der Waals surface area contributed by atoms with Crippen LogP contribution >= 0.6 is 0 Å². The molecule has 0 bridgehead atoms. The molecule has 0 aliphatic carbocycles. The second-order valence-corrected chi connectivity index (χ2v) is 3.87. The number of carboxylic acids is 1. The monoisotopic (exact) mass is 272 g/mol. The Morgan fingerprint density at radius 2 is 2.00 bits per heavy atom. The van der Waals surface area contributed by atoms with Gasteiger partial charge in [0.25, 0.3) is 0 Å². The van der Waals surface area contributed by atoms with Crippen LogP contribution in [0, 0.1) is 0 Å². The van der Waals surface area contributed by atoms with Crippen molar-refractivity contribution in [1.29, 1.82) is 0 Å². The third-order valence-electron chi connectivity index (χ3n) is 2.60. The quantitative estimate of drug-likeness (QED) is 0.861. The van der Waals surface area contributed by atoms with E-state index in [4.69, 9.17) is 0 Å². The molecule has 0 aliphatic heterocycles. The number of esters is 1. The zero-order chi connectivity index (χ0) is 14.5. The number of methoxy groups -OCH3 is 1. The summed E-state index contributed by atoms with van der Waals surface area (Å²) in [6.45, 7) is 0. The smallest absolute Gasteiger partial charge is 0.359 e. The van der Waals surface area contributed by atoms with E-state index in [9.17, 15) is 14.7 Å². The van der Waals surface area contributed by atoms with Crippen LogP contribution in [0.4, 0.5) is 0 Å². The number of aromatic carboxylic acids is 1. The number of rotatable bonds is 4. The first-order valence-corrected chi connectivity index (χ1v) is 5.75. The molecule has 2 aromatic rings. The molecule has 0 amide bonds. The average molecular weight is 272 g/mol. The van der Waals surface area contributed by atoms with E-state index in [0.717, 1.165) is 5.56 Å². The summed E-state index contributed by atoms with van der Waals surface area (Å²) < 4.78 is 5.77. The van der Waals surface area contributed by atoms with Crippen molar-refractivity contribution in [2.24, 2.45) is 0 Å². The minimum atomic E-state index is -1.25. The molecule has 1 aromatic heterocycles. The van der Waals surface area contributed by atoms with Gasteiger partial charge in [0.1, 0.15) is 6.33 Å². The molecule has 102 valence electrons. The summed E-state index contributed by atoms with van der Waals surface area (Å²) in [6, 6.07) is 9.36. The van der Waals surface area contributed by atoms with Gasteiger partial charge in [-0.05, 0) is 11.6 Å². The second-order valence-electron chi connectivity index (χ2n) is 3.87. The van der Waals surface area contributed by atoms with Gasteiger partial charge >= 0.3 is 11.9 Å². The topological polar surface area (TPSA) is 81.4 Å². The standard InChI is InChI=1S/C14H12N2O4/c1-20-14(19)11-12(13(17)18)16(9-15-11)8-7-10-5-3-2-4-6-10/h2-9H,1H3,(H,17,18). The zero-order valence-electron chi connectivity index (χ0n) is 10.7. The Bertz CT molecular complexity index is 659. The van der Waals surface area contributed by atoms with Gasteiger partial charge < -0.3 is 9.84 Å². The maximum absolute atomic E-state index is 11.4. The van der Waals surface area contributed by atoms with Crippen molar-refractivity contribution in [3.63, 3.8) is 0 Å². The second kappa shape index (κ2) is 5.83. The summed E-state index contributed by atoms with van der Waals surface area (Å²) in [7, 11) is 1.17. The van der Waals surface area contributed by atoms with Gasteiger partial charge in [0.15, 0.2) is 11.4 Å². The third kappa shape index (κ3) is 2.74. The third-order valence-corrected chi connectivity index (χ3v) is 2.60. The Balaban J connectivity index is 2.38. The van der Waals surface area contributed by atoms with Crippen molar-refractivity contribution in [3.05, 3.63) is 53.6 Å². The van der Waals surface area contributed by atoms with Crippen molar-refractivity contribution in [1.82, 2.24) is 9.55 Å². The van der Waals surface area contributed by atoms with Crippen LogP contribution in [0.5, 0.6) is 0 Å². The number of carbonyl (C=O) groups excluding carboxylic acids is 1. The number of aromatic nitrogens is 2. The van der Waals surface area contributed by atoms with Crippen molar-refractivity contribution in [3.8, 4) is 0 Å². The number of benzene rings is 1. The maximum Gasteiger partial charge on any atom is 0.359 e. The molecule has 0 fully saturated rings. The molecular weight excluding hydrogens is 260 g/mol. The van der Waals surface area contributed by atoms with Gasteiger partial charge in [-0.25, -0.2) is 14.6 Å². The van der Waals surface area contributed by atoms with E-state index in [1.165, 1.54) is 24.2 Å². The largest absolute Gasteiger partial charge is 0.476 e. The summed E-state index contributed by atoms with van der Waals surface area (Å²) >= 11 is 0.